The summed E-state index contributed by atoms with van der Waals surface area (Å²) < 4.78 is 13.9. The van der Waals surface area contributed by atoms with Crippen LogP contribution in [-0.2, 0) is 4.79 Å². The molecule has 0 aliphatic carbocycles. The number of rotatable bonds is 6. The summed E-state index contributed by atoms with van der Waals surface area (Å²) >= 11 is 6.17. The number of amides is 1. The predicted octanol–water partition coefficient (Wildman–Crippen LogP) is 6.72. The molecule has 4 atom stereocenters. The van der Waals surface area contributed by atoms with E-state index < -0.39 is 41.6 Å². The van der Waals surface area contributed by atoms with Crippen LogP contribution in [0.3, 0.4) is 0 Å². The zero-order valence-electron chi connectivity index (χ0n) is 21.0. The number of carbonyl (C=O) groups excluding carboxylic acids is 2. The number of carbonyl (C=O) groups is 3. The number of hydrogen-bond acceptors (Lipinski definition) is 3. The second-order valence-corrected chi connectivity index (χ2v) is 10.1. The average molecular weight is 542 g/mol. The van der Waals surface area contributed by atoms with E-state index in [4.69, 9.17) is 11.6 Å². The van der Waals surface area contributed by atoms with Gasteiger partial charge in [-0.1, -0.05) is 77.8 Å². The molecule has 7 heteroatoms. The molecule has 0 bridgehead atoms. The summed E-state index contributed by atoms with van der Waals surface area (Å²) in [4.78, 5) is 42.7. The van der Waals surface area contributed by atoms with Crippen LogP contribution in [0.5, 0.6) is 0 Å². The molecular formula is C32H25ClFNO4. The summed E-state index contributed by atoms with van der Waals surface area (Å²) in [6, 6.07) is 25.3. The Morgan fingerprint density at radius 3 is 2.03 bits per heavy atom. The number of halogens is 2. The molecule has 1 fully saturated rings. The molecule has 1 aliphatic heterocycles. The maximum Gasteiger partial charge on any atom is 0.327 e. The maximum atomic E-state index is 14.3. The summed E-state index contributed by atoms with van der Waals surface area (Å²) in [5.74, 6) is -4.50. The SMILES string of the molecule is Cc1cccc(C(=O)C2C(c3ccc(F)cc3)C(C(=O)O)N(C(=O)c3ccccc3)C2c2ccc(Cl)cc2)c1. The lowest BCUT2D eigenvalue weighted by Crippen LogP contribution is -2.43. The third-order valence-corrected chi connectivity index (χ3v) is 7.50. The zero-order chi connectivity index (χ0) is 27.7. The van der Waals surface area contributed by atoms with Crippen molar-refractivity contribution in [3.8, 4) is 0 Å². The van der Waals surface area contributed by atoms with Crippen LogP contribution in [-0.4, -0.2) is 33.7 Å². The number of nitrogens with zero attached hydrogens (tertiary/aromatic N) is 1. The quantitative estimate of drug-likeness (QED) is 0.275. The molecule has 4 aromatic carbocycles. The van der Waals surface area contributed by atoms with Crippen molar-refractivity contribution in [2.24, 2.45) is 5.92 Å². The van der Waals surface area contributed by atoms with E-state index in [0.29, 0.717) is 27.3 Å². The number of Topliss-reactive ketones (excluding diaryl/α,β-unsaturated/α-hetero) is 1. The molecular weight excluding hydrogens is 517 g/mol. The molecule has 4 aromatic rings. The maximum absolute atomic E-state index is 14.3. The summed E-state index contributed by atoms with van der Waals surface area (Å²) in [6.07, 6.45) is 0. The summed E-state index contributed by atoms with van der Waals surface area (Å²) in [6.45, 7) is 1.87. The van der Waals surface area contributed by atoms with Crippen molar-refractivity contribution in [3.63, 3.8) is 0 Å². The number of likely N-dealkylation sites (tertiary alicyclic amines) is 1. The van der Waals surface area contributed by atoms with Crippen molar-refractivity contribution >= 4 is 29.3 Å². The van der Waals surface area contributed by atoms with E-state index in [1.807, 2.05) is 13.0 Å². The van der Waals surface area contributed by atoms with Crippen LogP contribution in [0.4, 0.5) is 4.39 Å². The lowest BCUT2D eigenvalue weighted by molar-refractivity contribution is -0.142. The van der Waals surface area contributed by atoms with E-state index in [9.17, 15) is 23.9 Å². The average Bonchev–Trinajstić information content (AvgIpc) is 3.30. The van der Waals surface area contributed by atoms with Crippen molar-refractivity contribution in [3.05, 3.63) is 142 Å². The largest absolute Gasteiger partial charge is 0.480 e. The highest BCUT2D eigenvalue weighted by Crippen LogP contribution is 2.52. The fourth-order valence-corrected chi connectivity index (χ4v) is 5.69. The molecule has 1 heterocycles. The van der Waals surface area contributed by atoms with Crippen LogP contribution in [0.2, 0.25) is 5.02 Å². The molecule has 196 valence electrons. The van der Waals surface area contributed by atoms with E-state index in [-0.39, 0.29) is 5.78 Å². The number of carboxylic acids is 1. The van der Waals surface area contributed by atoms with Gasteiger partial charge in [-0.3, -0.25) is 9.59 Å². The summed E-state index contributed by atoms with van der Waals surface area (Å²) in [5.41, 5.74) is 2.60. The van der Waals surface area contributed by atoms with Crippen molar-refractivity contribution < 1.29 is 23.9 Å². The van der Waals surface area contributed by atoms with Crippen LogP contribution in [0, 0.1) is 18.7 Å². The number of carboxylic acid groups (broad SMARTS) is 1. The van der Waals surface area contributed by atoms with E-state index in [2.05, 4.69) is 0 Å². The highest BCUT2D eigenvalue weighted by atomic mass is 35.5. The topological polar surface area (TPSA) is 74.7 Å². The van der Waals surface area contributed by atoms with Gasteiger partial charge in [0.15, 0.2) is 5.78 Å². The van der Waals surface area contributed by atoms with E-state index in [1.165, 1.54) is 29.2 Å². The molecule has 39 heavy (non-hydrogen) atoms. The van der Waals surface area contributed by atoms with Crippen molar-refractivity contribution in [1.82, 2.24) is 4.90 Å². The normalized spacial score (nSPS) is 20.5. The fourth-order valence-electron chi connectivity index (χ4n) is 5.57. The Hall–Kier alpha value is -4.29. The first kappa shape index (κ1) is 26.3. The first-order valence-corrected chi connectivity index (χ1v) is 12.9. The van der Waals surface area contributed by atoms with Gasteiger partial charge in [0.05, 0.1) is 12.0 Å². The highest BCUT2D eigenvalue weighted by Gasteiger charge is 2.57. The third-order valence-electron chi connectivity index (χ3n) is 7.25. The number of hydrogen-bond donors (Lipinski definition) is 1. The Bertz CT molecular complexity index is 1520. The number of ketones is 1. The highest BCUT2D eigenvalue weighted by molar-refractivity contribution is 6.30. The Morgan fingerprint density at radius 1 is 0.795 bits per heavy atom. The van der Waals surface area contributed by atoms with Crippen LogP contribution in [0.15, 0.2) is 103 Å². The van der Waals surface area contributed by atoms with Crippen molar-refractivity contribution in [2.75, 3.05) is 0 Å². The monoisotopic (exact) mass is 541 g/mol. The molecule has 1 aliphatic rings. The lowest BCUT2D eigenvalue weighted by Gasteiger charge is -2.30. The molecule has 0 saturated carbocycles. The zero-order valence-corrected chi connectivity index (χ0v) is 21.8. The van der Waals surface area contributed by atoms with Gasteiger partial charge < -0.3 is 10.0 Å². The molecule has 4 unspecified atom stereocenters. The second-order valence-electron chi connectivity index (χ2n) is 9.69. The standard InChI is InChI=1S/C32H25ClFNO4/c1-19-6-5-9-23(18-19)30(36)27-26(20-12-16-25(34)17-13-20)29(32(38)39)35(31(37)22-7-3-2-4-8-22)28(27)21-10-14-24(33)15-11-21/h2-18,26-29H,1H3,(H,38,39). The van der Waals surface area contributed by atoms with Crippen LogP contribution < -0.4 is 0 Å². The molecule has 0 spiro atoms. The minimum atomic E-state index is -1.40. The Kier molecular flexibility index (Phi) is 7.31. The Labute approximate surface area is 230 Å². The fraction of sp³-hybridized carbons (Fsp3) is 0.156. The van der Waals surface area contributed by atoms with Gasteiger partial charge in [0.25, 0.3) is 5.91 Å². The van der Waals surface area contributed by atoms with E-state index >= 15 is 0 Å². The Balaban J connectivity index is 1.78. The molecule has 5 nitrogen and oxygen atoms in total. The van der Waals surface area contributed by atoms with Gasteiger partial charge in [-0.25, -0.2) is 9.18 Å². The molecule has 1 N–H and O–H groups in total. The molecule has 0 aromatic heterocycles. The smallest absolute Gasteiger partial charge is 0.327 e. The van der Waals surface area contributed by atoms with E-state index in [0.717, 1.165) is 5.56 Å². The Morgan fingerprint density at radius 2 is 1.41 bits per heavy atom. The number of benzene rings is 4. The van der Waals surface area contributed by atoms with Crippen molar-refractivity contribution in [2.45, 2.75) is 24.9 Å². The number of aryl methyl sites for hydroxylation is 1. The minimum Gasteiger partial charge on any atom is -0.480 e. The minimum absolute atomic E-state index is 0.296. The van der Waals surface area contributed by atoms with E-state index in [1.54, 1.807) is 72.8 Å². The summed E-state index contributed by atoms with van der Waals surface area (Å²) in [7, 11) is 0. The second kappa shape index (κ2) is 10.8. The van der Waals surface area contributed by atoms with Gasteiger partial charge >= 0.3 is 5.97 Å². The van der Waals surface area contributed by atoms with Gasteiger partial charge in [-0.15, -0.1) is 0 Å². The van der Waals surface area contributed by atoms with Gasteiger partial charge in [0.2, 0.25) is 0 Å². The predicted molar refractivity (Wildman–Crippen MR) is 146 cm³/mol. The molecule has 0 radical (unpaired) electrons. The molecule has 1 saturated heterocycles. The van der Waals surface area contributed by atoms with Gasteiger partial charge in [-0.2, -0.15) is 0 Å². The summed E-state index contributed by atoms with van der Waals surface area (Å²) in [5, 5.41) is 11.1. The van der Waals surface area contributed by atoms with Crippen molar-refractivity contribution in [1.29, 1.82) is 0 Å². The van der Waals surface area contributed by atoms with Crippen LogP contribution >= 0.6 is 11.6 Å². The van der Waals surface area contributed by atoms with Gasteiger partial charge in [-0.05, 0) is 60.5 Å². The van der Waals surface area contributed by atoms with Gasteiger partial charge in [0.1, 0.15) is 11.9 Å². The molecule has 1 amide bonds. The first-order valence-electron chi connectivity index (χ1n) is 12.5. The number of aliphatic carboxylic acids is 1. The lowest BCUT2D eigenvalue weighted by atomic mass is 9.76. The van der Waals surface area contributed by atoms with Crippen LogP contribution in [0.1, 0.15) is 49.4 Å². The first-order chi connectivity index (χ1) is 18.8. The third kappa shape index (κ3) is 5.08. The van der Waals surface area contributed by atoms with Gasteiger partial charge in [0, 0.05) is 22.1 Å². The van der Waals surface area contributed by atoms with Crippen LogP contribution in [0.25, 0.3) is 0 Å². The molecule has 5 rings (SSSR count).